The summed E-state index contributed by atoms with van der Waals surface area (Å²) in [6.45, 7) is 1.39. The van der Waals surface area contributed by atoms with Gasteiger partial charge in [0.25, 0.3) is 5.56 Å². The number of amides is 2. The van der Waals surface area contributed by atoms with E-state index < -0.39 is 6.04 Å². The summed E-state index contributed by atoms with van der Waals surface area (Å²) in [5.41, 5.74) is 1.58. The van der Waals surface area contributed by atoms with Crippen molar-refractivity contribution in [2.24, 2.45) is 0 Å². The van der Waals surface area contributed by atoms with Crippen LogP contribution in [0.2, 0.25) is 0 Å². The molecule has 0 spiro atoms. The number of halogens is 1. The second-order valence-electron chi connectivity index (χ2n) is 8.15. The molecule has 0 aliphatic carbocycles. The molecule has 2 N–H and O–H groups in total. The van der Waals surface area contributed by atoms with Crippen LogP contribution in [0.3, 0.4) is 0 Å². The fraction of sp³-hybridized carbons (Fsp3) is 0.208. The van der Waals surface area contributed by atoms with Gasteiger partial charge >= 0.3 is 0 Å². The van der Waals surface area contributed by atoms with E-state index >= 15 is 0 Å². The Morgan fingerprint density at radius 1 is 1.19 bits per heavy atom. The van der Waals surface area contributed by atoms with Crippen molar-refractivity contribution in [1.82, 2.24) is 19.3 Å². The monoisotopic (exact) mass is 508 g/mol. The molecule has 0 bridgehead atoms. The highest BCUT2D eigenvalue weighted by molar-refractivity contribution is 7.99. The smallest absolute Gasteiger partial charge is 0.265 e. The number of carbonyl (C=O) groups excluding carboxylic acids is 2. The van der Waals surface area contributed by atoms with E-state index in [0.717, 1.165) is 0 Å². The lowest BCUT2D eigenvalue weighted by atomic mass is 10.2. The number of fused-ring (bicyclic) bond motifs is 2. The molecule has 1 aliphatic rings. The Hall–Kier alpha value is -4.19. The van der Waals surface area contributed by atoms with E-state index in [1.165, 1.54) is 53.4 Å². The number of aromatic nitrogens is 4. The highest BCUT2D eigenvalue weighted by atomic mass is 32.2. The van der Waals surface area contributed by atoms with E-state index in [1.807, 2.05) is 0 Å². The third kappa shape index (κ3) is 4.42. The van der Waals surface area contributed by atoms with Gasteiger partial charge in [-0.25, -0.2) is 14.1 Å². The van der Waals surface area contributed by atoms with Crippen LogP contribution in [0.1, 0.15) is 19.4 Å². The Kier molecular flexibility index (Phi) is 6.18. The van der Waals surface area contributed by atoms with Gasteiger partial charge in [-0.1, -0.05) is 11.8 Å². The molecule has 2 amide bonds. The van der Waals surface area contributed by atoms with Crippen molar-refractivity contribution in [2.45, 2.75) is 24.5 Å². The fourth-order valence-corrected chi connectivity index (χ4v) is 5.18. The SMILES string of the molecule is COc1ccc(NC(C)=O)cc1NC(=O)CC1CSc2nc3c(cnn3-c3ccc(F)cc3)c(=O)n21. The van der Waals surface area contributed by atoms with Crippen LogP contribution in [0.25, 0.3) is 16.7 Å². The average Bonchev–Trinajstić information content (AvgIpc) is 3.44. The van der Waals surface area contributed by atoms with Gasteiger partial charge in [0.15, 0.2) is 10.8 Å². The van der Waals surface area contributed by atoms with Gasteiger partial charge in [0.1, 0.15) is 17.0 Å². The number of rotatable bonds is 6. The second kappa shape index (κ2) is 9.46. The number of thioether (sulfide) groups is 1. The van der Waals surface area contributed by atoms with Crippen molar-refractivity contribution >= 4 is 46.0 Å². The molecule has 2 aromatic carbocycles. The third-order valence-electron chi connectivity index (χ3n) is 5.66. The first-order valence-electron chi connectivity index (χ1n) is 11.0. The highest BCUT2D eigenvalue weighted by Crippen LogP contribution is 2.34. The molecule has 2 aromatic heterocycles. The molecule has 0 saturated heterocycles. The van der Waals surface area contributed by atoms with Gasteiger partial charge in [-0.15, -0.1) is 0 Å². The zero-order valence-corrected chi connectivity index (χ0v) is 20.1. The largest absolute Gasteiger partial charge is 0.495 e. The molecule has 12 heteroatoms. The first-order valence-corrected chi connectivity index (χ1v) is 12.0. The fourth-order valence-electron chi connectivity index (χ4n) is 4.05. The first-order chi connectivity index (χ1) is 17.3. The van der Waals surface area contributed by atoms with E-state index in [9.17, 15) is 18.8 Å². The van der Waals surface area contributed by atoms with Crippen molar-refractivity contribution in [3.63, 3.8) is 0 Å². The van der Waals surface area contributed by atoms with Crippen LogP contribution < -0.4 is 20.9 Å². The maximum Gasteiger partial charge on any atom is 0.265 e. The van der Waals surface area contributed by atoms with Gasteiger partial charge in [0.2, 0.25) is 11.8 Å². The molecule has 5 rings (SSSR count). The predicted octanol–water partition coefficient (Wildman–Crippen LogP) is 3.36. The molecule has 0 radical (unpaired) electrons. The van der Waals surface area contributed by atoms with E-state index in [2.05, 4.69) is 20.7 Å². The standard InChI is InChI=1S/C24H21FN6O4S/c1-13(32)27-15-5-8-20(35-2)19(9-15)28-21(33)10-17-12-36-24-29-22-18(23(34)30(17)24)11-26-31(22)16-6-3-14(25)4-7-16/h3-9,11,17H,10,12H2,1-2H3,(H,27,32)(H,28,33). The number of benzene rings is 2. The van der Waals surface area contributed by atoms with Crippen LogP contribution in [-0.4, -0.2) is 44.0 Å². The molecule has 36 heavy (non-hydrogen) atoms. The number of hydrogen-bond acceptors (Lipinski definition) is 7. The summed E-state index contributed by atoms with van der Waals surface area (Å²) in [7, 11) is 1.48. The van der Waals surface area contributed by atoms with Crippen molar-refractivity contribution in [1.29, 1.82) is 0 Å². The topological polar surface area (TPSA) is 120 Å². The summed E-state index contributed by atoms with van der Waals surface area (Å²) in [5.74, 6) is 0.00124. The van der Waals surface area contributed by atoms with Gasteiger partial charge in [0, 0.05) is 24.8 Å². The minimum atomic E-state index is -0.409. The Morgan fingerprint density at radius 3 is 2.69 bits per heavy atom. The Morgan fingerprint density at radius 2 is 1.97 bits per heavy atom. The third-order valence-corrected chi connectivity index (χ3v) is 6.75. The van der Waals surface area contributed by atoms with Crippen LogP contribution in [0, 0.1) is 5.82 Å². The minimum absolute atomic E-state index is 0.0344. The van der Waals surface area contributed by atoms with E-state index in [1.54, 1.807) is 30.3 Å². The van der Waals surface area contributed by atoms with Crippen molar-refractivity contribution in [2.75, 3.05) is 23.5 Å². The molecular formula is C24H21FN6O4S. The number of nitrogens with one attached hydrogen (secondary N) is 2. The van der Waals surface area contributed by atoms with Crippen molar-refractivity contribution in [3.05, 3.63) is 64.8 Å². The lowest BCUT2D eigenvalue weighted by molar-refractivity contribution is -0.117. The molecule has 3 heterocycles. The van der Waals surface area contributed by atoms with Gasteiger partial charge in [-0.3, -0.25) is 19.0 Å². The summed E-state index contributed by atoms with van der Waals surface area (Å²) in [5, 5.41) is 10.5. The molecule has 1 unspecified atom stereocenters. The number of hydrogen-bond donors (Lipinski definition) is 2. The summed E-state index contributed by atoms with van der Waals surface area (Å²) >= 11 is 1.38. The van der Waals surface area contributed by atoms with Crippen LogP contribution >= 0.6 is 11.8 Å². The van der Waals surface area contributed by atoms with Crippen LogP contribution in [0.5, 0.6) is 5.75 Å². The molecule has 1 atom stereocenters. The van der Waals surface area contributed by atoms with Gasteiger partial charge in [-0.2, -0.15) is 5.10 Å². The average molecular weight is 509 g/mol. The molecule has 0 fully saturated rings. The van der Waals surface area contributed by atoms with Crippen molar-refractivity contribution < 1.29 is 18.7 Å². The minimum Gasteiger partial charge on any atom is -0.495 e. The van der Waals surface area contributed by atoms with Gasteiger partial charge in [0.05, 0.1) is 30.7 Å². The Bertz CT molecular complexity index is 1550. The van der Waals surface area contributed by atoms with E-state index in [-0.39, 0.29) is 29.6 Å². The number of carbonyl (C=O) groups is 2. The lowest BCUT2D eigenvalue weighted by Crippen LogP contribution is -2.27. The van der Waals surface area contributed by atoms with Gasteiger partial charge in [-0.05, 0) is 42.5 Å². The molecule has 184 valence electrons. The first kappa shape index (κ1) is 23.5. The highest BCUT2D eigenvalue weighted by Gasteiger charge is 2.30. The Labute approximate surface area is 208 Å². The second-order valence-corrected chi connectivity index (χ2v) is 9.14. The summed E-state index contributed by atoms with van der Waals surface area (Å²) < 4.78 is 21.7. The predicted molar refractivity (Wildman–Crippen MR) is 133 cm³/mol. The molecule has 1 aliphatic heterocycles. The van der Waals surface area contributed by atoms with Crippen molar-refractivity contribution in [3.8, 4) is 11.4 Å². The number of nitrogens with zero attached hydrogens (tertiary/aromatic N) is 4. The summed E-state index contributed by atoms with van der Waals surface area (Å²) in [6, 6.07) is 10.3. The van der Waals surface area contributed by atoms with Crippen LogP contribution in [0.15, 0.2) is 58.6 Å². The lowest BCUT2D eigenvalue weighted by Gasteiger charge is -2.15. The summed E-state index contributed by atoms with van der Waals surface area (Å²) in [6.07, 6.45) is 1.46. The number of anilines is 2. The summed E-state index contributed by atoms with van der Waals surface area (Å²) in [4.78, 5) is 42.2. The molecule has 4 aromatic rings. The Balaban J connectivity index is 1.40. The van der Waals surface area contributed by atoms with Crippen LogP contribution in [0.4, 0.5) is 15.8 Å². The normalized spacial score (nSPS) is 14.5. The maximum absolute atomic E-state index is 13.3. The molecular weight excluding hydrogens is 487 g/mol. The zero-order valence-electron chi connectivity index (χ0n) is 19.3. The van der Waals surface area contributed by atoms with E-state index in [4.69, 9.17) is 4.74 Å². The van der Waals surface area contributed by atoms with Crippen LogP contribution in [-0.2, 0) is 9.59 Å². The number of methoxy groups -OCH3 is 1. The van der Waals surface area contributed by atoms with Gasteiger partial charge < -0.3 is 15.4 Å². The molecule has 10 nitrogen and oxygen atoms in total. The quantitative estimate of drug-likeness (QED) is 0.383. The number of ether oxygens (including phenoxy) is 1. The molecule has 0 saturated carbocycles. The zero-order chi connectivity index (χ0) is 25.4. The van der Waals surface area contributed by atoms with E-state index in [0.29, 0.717) is 44.8 Å². The maximum atomic E-state index is 13.3.